The molecule has 2 aliphatic carbocycles. The van der Waals surface area contributed by atoms with Crippen molar-refractivity contribution in [1.29, 1.82) is 5.26 Å². The zero-order chi connectivity index (χ0) is 17.3. The van der Waals surface area contributed by atoms with Gasteiger partial charge in [-0.15, -0.1) is 11.3 Å². The molecule has 0 saturated carbocycles. The normalized spacial score (nSPS) is 22.9. The number of carboxylic acid groups (broad SMARTS) is 1. The maximum Gasteiger partial charge on any atom is 0.307 e. The Kier molecular flexibility index (Phi) is 4.93. The Morgan fingerprint density at radius 2 is 2.08 bits per heavy atom. The van der Waals surface area contributed by atoms with Gasteiger partial charge < -0.3 is 10.4 Å². The van der Waals surface area contributed by atoms with Gasteiger partial charge in [0.25, 0.3) is 0 Å². The smallest absolute Gasteiger partial charge is 0.307 e. The molecule has 0 aromatic carbocycles. The number of aryl methyl sites for hydroxylation is 1. The van der Waals surface area contributed by atoms with Crippen LogP contribution in [0.4, 0.5) is 5.00 Å². The Labute approximate surface area is 148 Å². The van der Waals surface area contributed by atoms with Crippen LogP contribution in [0.25, 0.3) is 0 Å². The molecule has 1 heterocycles. The van der Waals surface area contributed by atoms with Crippen LogP contribution in [0, 0.1) is 23.2 Å². The summed E-state index contributed by atoms with van der Waals surface area (Å²) in [7, 11) is 0. The lowest BCUT2D eigenvalue weighted by molar-refractivity contribution is -0.146. The molecule has 0 aliphatic heterocycles. The van der Waals surface area contributed by atoms with Crippen LogP contribution in [0.2, 0.25) is 0 Å². The van der Waals surface area contributed by atoms with Crippen molar-refractivity contribution >= 4 is 39.8 Å². The first-order valence-electron chi connectivity index (χ1n) is 7.94. The van der Waals surface area contributed by atoms with E-state index in [-0.39, 0.29) is 18.7 Å². The van der Waals surface area contributed by atoms with Gasteiger partial charge in [-0.3, -0.25) is 9.59 Å². The van der Waals surface area contributed by atoms with Crippen LogP contribution >= 0.6 is 22.9 Å². The van der Waals surface area contributed by atoms with E-state index in [1.54, 1.807) is 6.08 Å². The molecule has 2 N–H and O–H groups in total. The van der Waals surface area contributed by atoms with Gasteiger partial charge in [-0.2, -0.15) is 5.26 Å². The number of rotatable bonds is 3. The number of nitrogens with one attached hydrogen (secondary N) is 1. The lowest BCUT2D eigenvalue weighted by Crippen LogP contribution is -2.35. The summed E-state index contributed by atoms with van der Waals surface area (Å²) in [6.45, 7) is 0. The van der Waals surface area contributed by atoms with Gasteiger partial charge in [-0.1, -0.05) is 17.7 Å². The molecule has 0 unspecified atom stereocenters. The Bertz CT molecular complexity index is 763. The van der Waals surface area contributed by atoms with E-state index in [9.17, 15) is 20.0 Å². The minimum Gasteiger partial charge on any atom is -0.481 e. The number of fused-ring (bicyclic) bond motifs is 1. The molecule has 1 amide bonds. The monoisotopic (exact) mass is 364 g/mol. The summed E-state index contributed by atoms with van der Waals surface area (Å²) < 4.78 is 0. The van der Waals surface area contributed by atoms with Crippen LogP contribution in [-0.4, -0.2) is 17.0 Å². The summed E-state index contributed by atoms with van der Waals surface area (Å²) in [6.07, 6.45) is 6.07. The third-order valence-corrected chi connectivity index (χ3v) is 6.18. The molecule has 0 radical (unpaired) electrons. The average molecular weight is 365 g/mol. The zero-order valence-corrected chi connectivity index (χ0v) is 14.5. The van der Waals surface area contributed by atoms with Gasteiger partial charge >= 0.3 is 5.97 Å². The number of amides is 1. The first kappa shape index (κ1) is 17.0. The number of carbonyl (C=O) groups is 2. The van der Waals surface area contributed by atoms with Gasteiger partial charge in [-0.25, -0.2) is 0 Å². The minimum atomic E-state index is -0.999. The number of halogens is 1. The number of carboxylic acids is 1. The SMILES string of the molecule is N#Cc1c(NC(=O)[C@@H]2CC(Cl)=CC[C@@H]2C(=O)O)sc2c1CCCC2. The van der Waals surface area contributed by atoms with E-state index < -0.39 is 17.8 Å². The molecule has 0 bridgehead atoms. The highest BCUT2D eigenvalue weighted by atomic mass is 35.5. The Morgan fingerprint density at radius 3 is 2.79 bits per heavy atom. The summed E-state index contributed by atoms with van der Waals surface area (Å²) in [5, 5.41) is 22.7. The van der Waals surface area contributed by atoms with Crippen LogP contribution < -0.4 is 5.32 Å². The van der Waals surface area contributed by atoms with Crippen molar-refractivity contribution in [3.8, 4) is 6.07 Å². The highest BCUT2D eigenvalue weighted by Crippen LogP contribution is 2.39. The molecular weight excluding hydrogens is 348 g/mol. The van der Waals surface area contributed by atoms with E-state index in [0.717, 1.165) is 36.1 Å². The summed E-state index contributed by atoms with van der Waals surface area (Å²) in [4.78, 5) is 25.2. The topological polar surface area (TPSA) is 90.2 Å². The summed E-state index contributed by atoms with van der Waals surface area (Å²) >= 11 is 7.45. The van der Waals surface area contributed by atoms with Crippen LogP contribution in [0.15, 0.2) is 11.1 Å². The first-order chi connectivity index (χ1) is 11.5. The number of thiophene rings is 1. The molecule has 24 heavy (non-hydrogen) atoms. The van der Waals surface area contributed by atoms with Crippen molar-refractivity contribution in [3.05, 3.63) is 27.1 Å². The molecule has 0 fully saturated rings. The van der Waals surface area contributed by atoms with Crippen molar-refractivity contribution in [2.75, 3.05) is 5.32 Å². The van der Waals surface area contributed by atoms with Crippen molar-refractivity contribution in [3.63, 3.8) is 0 Å². The Morgan fingerprint density at radius 1 is 1.33 bits per heavy atom. The third kappa shape index (κ3) is 3.19. The average Bonchev–Trinajstić information content (AvgIpc) is 2.91. The lowest BCUT2D eigenvalue weighted by atomic mass is 9.82. The van der Waals surface area contributed by atoms with Gasteiger partial charge in [0, 0.05) is 9.91 Å². The third-order valence-electron chi connectivity index (χ3n) is 4.67. The van der Waals surface area contributed by atoms with E-state index in [0.29, 0.717) is 15.6 Å². The quantitative estimate of drug-likeness (QED) is 0.856. The van der Waals surface area contributed by atoms with Crippen molar-refractivity contribution in [1.82, 2.24) is 0 Å². The maximum absolute atomic E-state index is 12.6. The van der Waals surface area contributed by atoms with Crippen LogP contribution in [-0.2, 0) is 22.4 Å². The fourth-order valence-electron chi connectivity index (χ4n) is 3.38. The molecule has 7 heteroatoms. The number of hydrogen-bond donors (Lipinski definition) is 2. The molecule has 3 rings (SSSR count). The van der Waals surface area contributed by atoms with Gasteiger partial charge in [0.1, 0.15) is 11.1 Å². The van der Waals surface area contributed by atoms with Gasteiger partial charge in [0.2, 0.25) is 5.91 Å². The van der Waals surface area contributed by atoms with E-state index in [1.807, 2.05) is 0 Å². The van der Waals surface area contributed by atoms with Crippen LogP contribution in [0.1, 0.15) is 41.7 Å². The fraction of sp³-hybridized carbons (Fsp3) is 0.471. The molecule has 2 atom stereocenters. The number of anilines is 1. The van der Waals surface area contributed by atoms with Crippen molar-refractivity contribution < 1.29 is 14.7 Å². The number of nitrogens with zero attached hydrogens (tertiary/aromatic N) is 1. The number of carbonyl (C=O) groups excluding carboxylic acids is 1. The van der Waals surface area contributed by atoms with Crippen molar-refractivity contribution in [2.45, 2.75) is 38.5 Å². The second kappa shape index (κ2) is 6.96. The van der Waals surface area contributed by atoms with Gasteiger partial charge in [0.05, 0.1) is 17.4 Å². The lowest BCUT2D eigenvalue weighted by Gasteiger charge is -2.25. The van der Waals surface area contributed by atoms with Gasteiger partial charge in [-0.05, 0) is 44.1 Å². The summed E-state index contributed by atoms with van der Waals surface area (Å²) in [6, 6.07) is 2.20. The van der Waals surface area contributed by atoms with Crippen LogP contribution in [0.3, 0.4) is 0 Å². The second-order valence-corrected chi connectivity index (χ2v) is 7.75. The van der Waals surface area contributed by atoms with E-state index >= 15 is 0 Å². The molecule has 5 nitrogen and oxygen atoms in total. The van der Waals surface area contributed by atoms with Crippen molar-refractivity contribution in [2.24, 2.45) is 11.8 Å². The second-order valence-electron chi connectivity index (χ2n) is 6.16. The molecule has 0 spiro atoms. The predicted molar refractivity (Wildman–Crippen MR) is 92.1 cm³/mol. The molecule has 2 aliphatic rings. The highest BCUT2D eigenvalue weighted by molar-refractivity contribution is 7.16. The molecule has 1 aromatic rings. The predicted octanol–water partition coefficient (Wildman–Crippen LogP) is 3.67. The number of allylic oxidation sites excluding steroid dienone is 2. The van der Waals surface area contributed by atoms with E-state index in [2.05, 4.69) is 11.4 Å². The highest BCUT2D eigenvalue weighted by Gasteiger charge is 2.36. The first-order valence-corrected chi connectivity index (χ1v) is 9.13. The Balaban J connectivity index is 1.84. The summed E-state index contributed by atoms with van der Waals surface area (Å²) in [5.74, 6) is -2.87. The van der Waals surface area contributed by atoms with E-state index in [4.69, 9.17) is 11.6 Å². The molecule has 1 aromatic heterocycles. The zero-order valence-electron chi connectivity index (χ0n) is 13.0. The molecule has 0 saturated heterocycles. The molecule has 126 valence electrons. The standard InChI is InChI=1S/C17H17ClN2O3S/c18-9-5-6-11(17(22)23)12(7-9)15(21)20-16-13(8-19)10-3-1-2-4-14(10)24-16/h5,11-12H,1-4,6-7H2,(H,20,21)(H,22,23)/t11-,12+/m0/s1. The Hall–Kier alpha value is -1.84. The molecular formula is C17H17ClN2O3S. The number of nitriles is 1. The largest absolute Gasteiger partial charge is 0.481 e. The van der Waals surface area contributed by atoms with Gasteiger partial charge in [0.15, 0.2) is 0 Å². The van der Waals surface area contributed by atoms with E-state index in [1.165, 1.54) is 11.3 Å². The number of hydrogen-bond acceptors (Lipinski definition) is 4. The minimum absolute atomic E-state index is 0.220. The summed E-state index contributed by atoms with van der Waals surface area (Å²) in [5.41, 5.74) is 1.58. The fourth-order valence-corrected chi connectivity index (χ4v) is 4.88. The van der Waals surface area contributed by atoms with Crippen LogP contribution in [0.5, 0.6) is 0 Å². The number of aliphatic carboxylic acids is 1. The maximum atomic E-state index is 12.6.